The van der Waals surface area contributed by atoms with Gasteiger partial charge in [-0.15, -0.1) is 4.73 Å². The van der Waals surface area contributed by atoms with Crippen LogP contribution in [0, 0.1) is 0 Å². The van der Waals surface area contributed by atoms with Gasteiger partial charge in [0, 0.05) is 43.8 Å². The Kier molecular flexibility index (Phi) is 7.70. The molecule has 1 aromatic heterocycles. The Hall–Kier alpha value is -3.80. The van der Waals surface area contributed by atoms with Gasteiger partial charge in [-0.25, -0.2) is 4.99 Å². The predicted octanol–water partition coefficient (Wildman–Crippen LogP) is 4.03. The van der Waals surface area contributed by atoms with Gasteiger partial charge in [0.25, 0.3) is 5.56 Å². The van der Waals surface area contributed by atoms with Gasteiger partial charge < -0.3 is 15.1 Å². The Morgan fingerprint density at radius 3 is 2.54 bits per heavy atom. The number of allylic oxidation sites excluding steroid dienone is 1. The van der Waals surface area contributed by atoms with Crippen molar-refractivity contribution in [1.82, 2.24) is 4.73 Å². The van der Waals surface area contributed by atoms with Crippen molar-refractivity contribution < 1.29 is 4.84 Å². The first-order valence-corrected chi connectivity index (χ1v) is 12.1. The maximum atomic E-state index is 13.3. The molecule has 0 atom stereocenters. The van der Waals surface area contributed by atoms with Crippen LogP contribution in [-0.2, 0) is 13.2 Å². The highest BCUT2D eigenvalue weighted by Crippen LogP contribution is 2.16. The maximum absolute atomic E-state index is 13.3. The van der Waals surface area contributed by atoms with Crippen molar-refractivity contribution in [3.8, 4) is 0 Å². The van der Waals surface area contributed by atoms with Crippen molar-refractivity contribution >= 4 is 16.9 Å². The maximum Gasteiger partial charge on any atom is 0.287 e. The summed E-state index contributed by atoms with van der Waals surface area (Å²) in [4.78, 5) is 26.2. The highest BCUT2D eigenvalue weighted by Gasteiger charge is 2.12. The summed E-state index contributed by atoms with van der Waals surface area (Å²) < 4.78 is 1.35. The van der Waals surface area contributed by atoms with Gasteiger partial charge in [-0.05, 0) is 56.4 Å². The highest BCUT2D eigenvalue weighted by molar-refractivity contribution is 5.55. The molecular formula is C29H34N4O2. The molecule has 2 heterocycles. The number of nitrogens with zero attached hydrogens (tertiary/aromatic N) is 3. The van der Waals surface area contributed by atoms with Crippen molar-refractivity contribution in [2.24, 2.45) is 4.99 Å². The smallest absolute Gasteiger partial charge is 0.287 e. The average Bonchev–Trinajstić information content (AvgIpc) is 2.92. The van der Waals surface area contributed by atoms with E-state index in [9.17, 15) is 4.79 Å². The van der Waals surface area contributed by atoms with Crippen LogP contribution in [-0.4, -0.2) is 18.8 Å². The van der Waals surface area contributed by atoms with E-state index in [1.54, 1.807) is 6.07 Å². The lowest BCUT2D eigenvalue weighted by atomic mass is 10.0. The average molecular weight is 471 g/mol. The van der Waals surface area contributed by atoms with Gasteiger partial charge >= 0.3 is 0 Å². The molecule has 0 amide bonds. The summed E-state index contributed by atoms with van der Waals surface area (Å²) >= 11 is 0. The summed E-state index contributed by atoms with van der Waals surface area (Å²) in [7, 11) is 4.06. The zero-order valence-corrected chi connectivity index (χ0v) is 21.0. The molecule has 35 heavy (non-hydrogen) atoms. The summed E-state index contributed by atoms with van der Waals surface area (Å²) in [5.41, 5.74) is 6.73. The lowest BCUT2D eigenvalue weighted by Gasteiger charge is -2.16. The SMILES string of the molecule is C/C1=C/N=c2/c(c(NCc3cccc(N(C)C)c3)cc(=O)n2OCc2ccccc2)=C(/C)CCC1. The minimum atomic E-state index is -0.244. The molecule has 6 nitrogen and oxygen atoms in total. The standard InChI is InChI=1S/C29H34N4O2/c1-21-10-8-11-22(2)28-26(30-19-24-14-9-15-25(16-24)32(3)4)17-27(34)33(29(28)31-18-21)35-20-23-12-6-5-7-13-23/h5-7,9,12-18,30H,8,10-11,19-20H2,1-4H3/b21-18-,28-22-,31-29-. The van der Waals surface area contributed by atoms with Crippen molar-refractivity contribution in [1.29, 1.82) is 0 Å². The van der Waals surface area contributed by atoms with Crippen LogP contribution in [0.4, 0.5) is 11.4 Å². The fourth-order valence-electron chi connectivity index (χ4n) is 4.23. The number of aromatic nitrogens is 1. The lowest BCUT2D eigenvalue weighted by Crippen LogP contribution is -2.48. The minimum Gasteiger partial charge on any atom is -0.404 e. The number of pyridine rings is 1. The first kappa shape index (κ1) is 24.3. The third kappa shape index (κ3) is 6.01. The number of benzene rings is 2. The van der Waals surface area contributed by atoms with Gasteiger partial charge in [0.15, 0.2) is 5.49 Å². The van der Waals surface area contributed by atoms with Crippen molar-refractivity contribution in [2.75, 3.05) is 24.3 Å². The molecule has 0 bridgehead atoms. The molecule has 0 saturated heterocycles. The van der Waals surface area contributed by atoms with E-state index in [1.165, 1.54) is 15.9 Å². The van der Waals surface area contributed by atoms with E-state index >= 15 is 0 Å². The molecule has 1 N–H and O–H groups in total. The summed E-state index contributed by atoms with van der Waals surface area (Å²) in [6.45, 7) is 5.09. The fraction of sp³-hybridized carbons (Fsp3) is 0.310. The third-order valence-electron chi connectivity index (χ3n) is 6.22. The number of anilines is 2. The molecular weight excluding hydrogens is 436 g/mol. The first-order chi connectivity index (χ1) is 16.9. The Labute approximate surface area is 206 Å². The molecule has 0 aliphatic carbocycles. The van der Waals surface area contributed by atoms with Gasteiger partial charge in [0.1, 0.15) is 6.61 Å². The fourth-order valence-corrected chi connectivity index (χ4v) is 4.23. The molecule has 182 valence electrons. The molecule has 0 unspecified atom stereocenters. The van der Waals surface area contributed by atoms with Crippen LogP contribution in [0.1, 0.15) is 44.2 Å². The second-order valence-corrected chi connectivity index (χ2v) is 9.30. The Bertz CT molecular complexity index is 1390. The van der Waals surface area contributed by atoms with Gasteiger partial charge in [-0.3, -0.25) is 4.79 Å². The van der Waals surface area contributed by atoms with Crippen molar-refractivity contribution in [2.45, 2.75) is 46.3 Å². The molecule has 0 saturated carbocycles. The molecule has 2 aromatic carbocycles. The monoisotopic (exact) mass is 470 g/mol. The molecule has 0 spiro atoms. The van der Waals surface area contributed by atoms with Crippen LogP contribution in [0.2, 0.25) is 0 Å². The number of hydrogen-bond acceptors (Lipinski definition) is 5. The lowest BCUT2D eigenvalue weighted by molar-refractivity contribution is 0.0799. The molecule has 0 fully saturated rings. The summed E-state index contributed by atoms with van der Waals surface area (Å²) in [5.74, 6) is 0. The normalized spacial score (nSPS) is 17.5. The van der Waals surface area contributed by atoms with Gasteiger partial charge in [-0.1, -0.05) is 53.6 Å². The van der Waals surface area contributed by atoms with E-state index in [0.29, 0.717) is 12.0 Å². The Morgan fingerprint density at radius 1 is 1.00 bits per heavy atom. The van der Waals surface area contributed by atoms with Crippen LogP contribution in [0.25, 0.3) is 5.57 Å². The highest BCUT2D eigenvalue weighted by atomic mass is 16.7. The quantitative estimate of drug-likeness (QED) is 0.566. The minimum absolute atomic E-state index is 0.244. The van der Waals surface area contributed by atoms with Crippen molar-refractivity contribution in [3.63, 3.8) is 0 Å². The zero-order chi connectivity index (χ0) is 24.8. The summed E-state index contributed by atoms with van der Waals surface area (Å²) in [6, 6.07) is 19.9. The van der Waals surface area contributed by atoms with Gasteiger partial charge in [-0.2, -0.15) is 0 Å². The van der Waals surface area contributed by atoms with E-state index in [0.717, 1.165) is 47.0 Å². The van der Waals surface area contributed by atoms with E-state index in [1.807, 2.05) is 50.6 Å². The molecule has 0 radical (unpaired) electrons. The number of rotatable bonds is 7. The summed E-state index contributed by atoms with van der Waals surface area (Å²) in [6.07, 6.45) is 4.81. The number of hydrogen-bond donors (Lipinski definition) is 1. The topological polar surface area (TPSA) is 58.9 Å². The number of nitrogens with one attached hydrogen (secondary N) is 1. The van der Waals surface area contributed by atoms with Crippen LogP contribution in [0.5, 0.6) is 0 Å². The van der Waals surface area contributed by atoms with Crippen LogP contribution in [0.3, 0.4) is 0 Å². The largest absolute Gasteiger partial charge is 0.404 e. The van der Waals surface area contributed by atoms with Crippen LogP contribution >= 0.6 is 0 Å². The van der Waals surface area contributed by atoms with E-state index in [-0.39, 0.29) is 12.2 Å². The predicted molar refractivity (Wildman–Crippen MR) is 143 cm³/mol. The van der Waals surface area contributed by atoms with Crippen LogP contribution < -0.4 is 31.3 Å². The third-order valence-corrected chi connectivity index (χ3v) is 6.22. The molecule has 6 heteroatoms. The molecule has 4 rings (SSSR count). The first-order valence-electron chi connectivity index (χ1n) is 12.1. The molecule has 1 aliphatic heterocycles. The van der Waals surface area contributed by atoms with E-state index in [4.69, 9.17) is 9.83 Å². The van der Waals surface area contributed by atoms with E-state index in [2.05, 4.69) is 48.3 Å². The zero-order valence-electron chi connectivity index (χ0n) is 21.0. The molecule has 1 aliphatic rings. The van der Waals surface area contributed by atoms with E-state index < -0.39 is 0 Å². The van der Waals surface area contributed by atoms with Gasteiger partial charge in [0.05, 0.1) is 5.69 Å². The van der Waals surface area contributed by atoms with Crippen LogP contribution in [0.15, 0.2) is 82.2 Å². The summed E-state index contributed by atoms with van der Waals surface area (Å²) in [5, 5.41) is 4.46. The van der Waals surface area contributed by atoms with Crippen molar-refractivity contribution in [3.05, 3.63) is 105 Å². The second-order valence-electron chi connectivity index (χ2n) is 9.30. The number of fused-ring (bicyclic) bond motifs is 1. The second kappa shape index (κ2) is 11.1. The Balaban J connectivity index is 1.78. The molecule has 3 aromatic rings. The Morgan fingerprint density at radius 2 is 1.77 bits per heavy atom. The van der Waals surface area contributed by atoms with Gasteiger partial charge in [0.2, 0.25) is 0 Å².